The van der Waals surface area contributed by atoms with Crippen LogP contribution in [0.15, 0.2) is 48.5 Å². The highest BCUT2D eigenvalue weighted by Crippen LogP contribution is 2.26. The molecule has 122 valence electrons. The van der Waals surface area contributed by atoms with E-state index in [1.807, 2.05) is 43.3 Å². The third kappa shape index (κ3) is 3.45. The summed E-state index contributed by atoms with van der Waals surface area (Å²) in [5.41, 5.74) is 4.25. The first-order valence-electron chi connectivity index (χ1n) is 7.38. The SMILES string of the molecule is Cc1cccc(C(=O)NCc2ccc3cc(C(=O)NO)sc3c2)c1. The molecule has 1 aromatic heterocycles. The summed E-state index contributed by atoms with van der Waals surface area (Å²) in [6, 6.07) is 14.9. The van der Waals surface area contributed by atoms with Gasteiger partial charge in [-0.25, -0.2) is 5.48 Å². The Morgan fingerprint density at radius 2 is 1.92 bits per heavy atom. The second-order valence-electron chi connectivity index (χ2n) is 5.48. The summed E-state index contributed by atoms with van der Waals surface area (Å²) < 4.78 is 0.927. The Hall–Kier alpha value is -2.70. The number of rotatable bonds is 4. The molecule has 0 fully saturated rings. The topological polar surface area (TPSA) is 78.4 Å². The summed E-state index contributed by atoms with van der Waals surface area (Å²) in [6.07, 6.45) is 0. The lowest BCUT2D eigenvalue weighted by Crippen LogP contribution is -2.22. The Kier molecular flexibility index (Phi) is 4.59. The van der Waals surface area contributed by atoms with Crippen molar-refractivity contribution >= 4 is 33.2 Å². The first-order valence-corrected chi connectivity index (χ1v) is 8.20. The van der Waals surface area contributed by atoms with E-state index >= 15 is 0 Å². The molecule has 2 amide bonds. The van der Waals surface area contributed by atoms with Gasteiger partial charge in [-0.15, -0.1) is 11.3 Å². The first-order chi connectivity index (χ1) is 11.6. The minimum Gasteiger partial charge on any atom is -0.348 e. The van der Waals surface area contributed by atoms with Crippen LogP contribution in [0.3, 0.4) is 0 Å². The highest BCUT2D eigenvalue weighted by Gasteiger charge is 2.10. The molecular weight excluding hydrogens is 324 g/mol. The van der Waals surface area contributed by atoms with Crippen molar-refractivity contribution in [1.29, 1.82) is 0 Å². The number of aryl methyl sites for hydroxylation is 1. The largest absolute Gasteiger partial charge is 0.348 e. The molecule has 0 aliphatic heterocycles. The van der Waals surface area contributed by atoms with Crippen molar-refractivity contribution in [3.8, 4) is 0 Å². The van der Waals surface area contributed by atoms with Crippen LogP contribution in [0, 0.1) is 6.92 Å². The number of carbonyl (C=O) groups excluding carboxylic acids is 2. The van der Waals surface area contributed by atoms with Gasteiger partial charge in [0.15, 0.2) is 0 Å². The molecule has 3 rings (SSSR count). The van der Waals surface area contributed by atoms with Crippen LogP contribution in [-0.2, 0) is 6.54 Å². The Labute approximate surface area is 142 Å². The van der Waals surface area contributed by atoms with Crippen LogP contribution in [0.25, 0.3) is 10.1 Å². The molecule has 3 aromatic rings. The summed E-state index contributed by atoms with van der Waals surface area (Å²) in [5, 5.41) is 12.5. The van der Waals surface area contributed by atoms with E-state index in [-0.39, 0.29) is 5.91 Å². The molecular formula is C18H16N2O3S. The average Bonchev–Trinajstić information content (AvgIpc) is 3.02. The summed E-state index contributed by atoms with van der Waals surface area (Å²) in [7, 11) is 0. The second kappa shape index (κ2) is 6.82. The average molecular weight is 340 g/mol. The van der Waals surface area contributed by atoms with Crippen LogP contribution in [0.1, 0.15) is 31.2 Å². The summed E-state index contributed by atoms with van der Waals surface area (Å²) in [5.74, 6) is -0.643. The molecule has 0 bridgehead atoms. The Morgan fingerprint density at radius 3 is 2.67 bits per heavy atom. The lowest BCUT2D eigenvalue weighted by molar-refractivity contribution is 0.0711. The quantitative estimate of drug-likeness (QED) is 0.504. The van der Waals surface area contributed by atoms with Gasteiger partial charge in [0.25, 0.3) is 11.8 Å². The lowest BCUT2D eigenvalue weighted by Gasteiger charge is -2.06. The fourth-order valence-electron chi connectivity index (χ4n) is 2.42. The van der Waals surface area contributed by atoms with E-state index in [0.29, 0.717) is 17.0 Å². The predicted molar refractivity (Wildman–Crippen MR) is 93.4 cm³/mol. The van der Waals surface area contributed by atoms with Crippen LogP contribution in [0.4, 0.5) is 0 Å². The van der Waals surface area contributed by atoms with Gasteiger partial charge in [0.1, 0.15) is 0 Å². The number of hydrogen-bond donors (Lipinski definition) is 3. The Bertz CT molecular complexity index is 918. The van der Waals surface area contributed by atoms with E-state index < -0.39 is 5.91 Å². The zero-order valence-electron chi connectivity index (χ0n) is 13.0. The number of hydroxylamine groups is 1. The number of amides is 2. The molecule has 1 heterocycles. The molecule has 0 spiro atoms. The molecule has 0 saturated carbocycles. The van der Waals surface area contributed by atoms with Gasteiger partial charge in [-0.1, -0.05) is 29.8 Å². The van der Waals surface area contributed by atoms with Crippen LogP contribution in [0.5, 0.6) is 0 Å². The van der Waals surface area contributed by atoms with Gasteiger partial charge in [0.2, 0.25) is 0 Å². The van der Waals surface area contributed by atoms with Gasteiger partial charge >= 0.3 is 0 Å². The van der Waals surface area contributed by atoms with Crippen molar-refractivity contribution in [2.45, 2.75) is 13.5 Å². The van der Waals surface area contributed by atoms with Gasteiger partial charge in [-0.05, 0) is 42.1 Å². The highest BCUT2D eigenvalue weighted by atomic mass is 32.1. The van der Waals surface area contributed by atoms with E-state index in [4.69, 9.17) is 5.21 Å². The molecule has 24 heavy (non-hydrogen) atoms. The van der Waals surface area contributed by atoms with Crippen LogP contribution in [0.2, 0.25) is 0 Å². The van der Waals surface area contributed by atoms with Crippen LogP contribution in [-0.4, -0.2) is 17.0 Å². The maximum absolute atomic E-state index is 12.2. The molecule has 0 aliphatic carbocycles. The second-order valence-corrected chi connectivity index (χ2v) is 6.56. The summed E-state index contributed by atoms with van der Waals surface area (Å²) in [4.78, 5) is 24.1. The zero-order valence-corrected chi connectivity index (χ0v) is 13.8. The van der Waals surface area contributed by atoms with E-state index in [0.717, 1.165) is 21.2 Å². The van der Waals surface area contributed by atoms with Crippen molar-refractivity contribution in [3.63, 3.8) is 0 Å². The molecule has 0 unspecified atom stereocenters. The highest BCUT2D eigenvalue weighted by molar-refractivity contribution is 7.20. The van der Waals surface area contributed by atoms with Crippen molar-refractivity contribution in [3.05, 3.63) is 70.1 Å². The number of benzene rings is 2. The number of hydrogen-bond acceptors (Lipinski definition) is 4. The minimum absolute atomic E-state index is 0.120. The molecule has 6 heteroatoms. The molecule has 2 aromatic carbocycles. The molecule has 0 radical (unpaired) electrons. The summed E-state index contributed by atoms with van der Waals surface area (Å²) >= 11 is 1.29. The van der Waals surface area contributed by atoms with Crippen molar-refractivity contribution in [1.82, 2.24) is 10.8 Å². The third-order valence-corrected chi connectivity index (χ3v) is 4.74. The molecule has 0 aliphatic rings. The Balaban J connectivity index is 1.73. The van der Waals surface area contributed by atoms with E-state index in [2.05, 4.69) is 5.32 Å². The number of nitrogens with one attached hydrogen (secondary N) is 2. The fourth-order valence-corrected chi connectivity index (χ4v) is 3.44. The van der Waals surface area contributed by atoms with Crippen molar-refractivity contribution < 1.29 is 14.8 Å². The van der Waals surface area contributed by atoms with Gasteiger partial charge in [-0.2, -0.15) is 0 Å². The van der Waals surface area contributed by atoms with Gasteiger partial charge < -0.3 is 5.32 Å². The monoisotopic (exact) mass is 340 g/mol. The zero-order chi connectivity index (χ0) is 17.1. The molecule has 0 atom stereocenters. The van der Waals surface area contributed by atoms with Crippen molar-refractivity contribution in [2.75, 3.05) is 0 Å². The van der Waals surface area contributed by atoms with Gasteiger partial charge in [-0.3, -0.25) is 14.8 Å². The normalized spacial score (nSPS) is 10.6. The molecule has 3 N–H and O–H groups in total. The molecule has 5 nitrogen and oxygen atoms in total. The Morgan fingerprint density at radius 1 is 1.08 bits per heavy atom. The third-order valence-electron chi connectivity index (χ3n) is 3.64. The maximum atomic E-state index is 12.2. The molecule has 0 saturated heterocycles. The number of fused-ring (bicyclic) bond motifs is 1. The number of thiophene rings is 1. The first kappa shape index (κ1) is 16.2. The fraction of sp³-hybridized carbons (Fsp3) is 0.111. The minimum atomic E-state index is -0.523. The van der Waals surface area contributed by atoms with Crippen molar-refractivity contribution in [2.24, 2.45) is 0 Å². The smallest absolute Gasteiger partial charge is 0.284 e. The van der Waals surface area contributed by atoms with E-state index in [9.17, 15) is 9.59 Å². The predicted octanol–water partition coefficient (Wildman–Crippen LogP) is 3.26. The maximum Gasteiger partial charge on any atom is 0.284 e. The summed E-state index contributed by atoms with van der Waals surface area (Å²) in [6.45, 7) is 2.35. The lowest BCUT2D eigenvalue weighted by atomic mass is 10.1. The van der Waals surface area contributed by atoms with Crippen LogP contribution >= 0.6 is 11.3 Å². The van der Waals surface area contributed by atoms with Gasteiger partial charge in [0, 0.05) is 16.8 Å². The standard InChI is InChI=1S/C18H16N2O3S/c1-11-3-2-4-14(7-11)17(21)19-10-12-5-6-13-9-16(18(22)20-23)24-15(13)8-12/h2-9,23H,10H2,1H3,(H,19,21)(H,20,22). The van der Waals surface area contributed by atoms with Gasteiger partial charge in [0.05, 0.1) is 4.88 Å². The number of carbonyl (C=O) groups is 2. The van der Waals surface area contributed by atoms with E-state index in [1.165, 1.54) is 11.3 Å². The van der Waals surface area contributed by atoms with Crippen LogP contribution < -0.4 is 10.8 Å². The van der Waals surface area contributed by atoms with E-state index in [1.54, 1.807) is 17.6 Å².